The molecule has 0 atom stereocenters. The molecule has 1 rings (SSSR count). The van der Waals surface area contributed by atoms with Crippen molar-refractivity contribution in [1.29, 1.82) is 0 Å². The second-order valence-electron chi connectivity index (χ2n) is 2.15. The molecule has 0 aromatic heterocycles. The van der Waals surface area contributed by atoms with Crippen LogP contribution < -0.4 is 4.46 Å². The van der Waals surface area contributed by atoms with Crippen LogP contribution in [0, 0.1) is 0 Å². The van der Waals surface area contributed by atoms with E-state index in [-0.39, 0.29) is 16.3 Å². The molecule has 70 valence electrons. The van der Waals surface area contributed by atoms with Gasteiger partial charge in [-0.1, -0.05) is 0 Å². The molecule has 13 heavy (non-hydrogen) atoms. The Bertz CT molecular complexity index is 354. The summed E-state index contributed by atoms with van der Waals surface area (Å²) in [5, 5.41) is 8.71. The molecule has 0 bridgehead atoms. The van der Waals surface area contributed by atoms with E-state index in [2.05, 4.69) is 0 Å². The van der Waals surface area contributed by atoms with Crippen LogP contribution in [0.25, 0.3) is 0 Å². The third-order valence-corrected chi connectivity index (χ3v) is 3.77. The number of carbonyl (C=O) groups excluding carboxylic acids is 1. The van der Waals surface area contributed by atoms with Gasteiger partial charge in [-0.05, 0) is 0 Å². The van der Waals surface area contributed by atoms with Crippen LogP contribution in [-0.2, 0) is 0 Å². The molecule has 0 radical (unpaired) electrons. The first kappa shape index (κ1) is 11.2. The Hall–Kier alpha value is 0.0795. The Kier molecular flexibility index (Phi) is 3.89. The summed E-state index contributed by atoms with van der Waals surface area (Å²) in [6.07, 6.45) is 0. The van der Waals surface area contributed by atoms with Crippen LogP contribution in [0.5, 0.6) is 5.75 Å². The molecular weight excluding hydrogens is 301 g/mol. The van der Waals surface area contributed by atoms with E-state index in [4.69, 9.17) is 33.3 Å². The summed E-state index contributed by atoms with van der Waals surface area (Å²) in [5.74, 6) is -0.171. The first-order valence-corrected chi connectivity index (χ1v) is 6.93. The Labute approximate surface area is 95.2 Å². The molecule has 0 aliphatic rings. The summed E-state index contributed by atoms with van der Waals surface area (Å²) in [7, 11) is 5.61. The average Bonchev–Trinajstić information content (AvgIpc) is 2.08. The number of hydrogen-bond acceptors (Lipinski definition) is 2. The summed E-state index contributed by atoms with van der Waals surface area (Å²) in [6.45, 7) is 0. The fourth-order valence-corrected chi connectivity index (χ4v) is 2.85. The number of aromatic hydroxyl groups is 1. The minimum atomic E-state index is -0.649. The molecule has 0 fully saturated rings. The summed E-state index contributed by atoms with van der Waals surface area (Å²) in [6, 6.07) is 2.66. The van der Waals surface area contributed by atoms with Crippen molar-refractivity contribution >= 4 is 57.0 Å². The summed E-state index contributed by atoms with van der Waals surface area (Å²) >= 11 is 10.5. The van der Waals surface area contributed by atoms with Crippen molar-refractivity contribution in [2.75, 3.05) is 0 Å². The molecule has 0 saturated heterocycles. The Morgan fingerprint density at radius 1 is 1.46 bits per heavy atom. The van der Waals surface area contributed by atoms with Gasteiger partial charge in [0.05, 0.1) is 0 Å². The number of rotatable bonds is 2. The van der Waals surface area contributed by atoms with Crippen LogP contribution >= 0.6 is 33.3 Å². The normalized spacial score (nSPS) is 10.1. The third kappa shape index (κ3) is 2.52. The van der Waals surface area contributed by atoms with Crippen molar-refractivity contribution in [2.24, 2.45) is 0 Å². The van der Waals surface area contributed by atoms with Crippen molar-refractivity contribution < 1.29 is 9.90 Å². The van der Waals surface area contributed by atoms with Crippen molar-refractivity contribution in [1.82, 2.24) is 0 Å². The SMILES string of the molecule is O=C(Cl)c1cc(O)c(Cl)cc1[Se]Cl. The van der Waals surface area contributed by atoms with Gasteiger partial charge in [-0.3, -0.25) is 0 Å². The van der Waals surface area contributed by atoms with Crippen LogP contribution in [0.1, 0.15) is 10.4 Å². The zero-order valence-corrected chi connectivity index (χ0v) is 10.0. The first-order valence-electron chi connectivity index (χ1n) is 3.07. The van der Waals surface area contributed by atoms with Gasteiger partial charge in [-0.2, -0.15) is 0 Å². The molecule has 6 heteroatoms. The minimum absolute atomic E-state index is 0.166. The Balaban J connectivity index is 3.33. The molecule has 0 aliphatic carbocycles. The van der Waals surface area contributed by atoms with E-state index in [1.54, 1.807) is 0 Å². The van der Waals surface area contributed by atoms with Crippen LogP contribution in [0.15, 0.2) is 12.1 Å². The zero-order chi connectivity index (χ0) is 10.0. The number of phenolic OH excluding ortho intramolecular Hbond substituents is 1. The zero-order valence-electron chi connectivity index (χ0n) is 6.05. The van der Waals surface area contributed by atoms with E-state index in [9.17, 15) is 9.90 Å². The van der Waals surface area contributed by atoms with Gasteiger partial charge in [0.1, 0.15) is 0 Å². The van der Waals surface area contributed by atoms with E-state index in [0.29, 0.717) is 4.46 Å². The summed E-state index contributed by atoms with van der Waals surface area (Å²) in [5.41, 5.74) is 0.207. The van der Waals surface area contributed by atoms with Gasteiger partial charge in [0.25, 0.3) is 0 Å². The van der Waals surface area contributed by atoms with Crippen molar-refractivity contribution in [3.05, 3.63) is 22.7 Å². The molecule has 2 nitrogen and oxygen atoms in total. The second kappa shape index (κ2) is 4.54. The predicted molar refractivity (Wildman–Crippen MR) is 54.5 cm³/mol. The first-order chi connectivity index (χ1) is 6.06. The number of halogens is 3. The number of phenols is 1. The van der Waals surface area contributed by atoms with Crippen LogP contribution in [-0.4, -0.2) is 24.4 Å². The molecule has 0 spiro atoms. The van der Waals surface area contributed by atoms with Crippen LogP contribution in [0.2, 0.25) is 5.02 Å². The van der Waals surface area contributed by atoms with E-state index in [0.717, 1.165) is 0 Å². The number of hydrogen-bond donors (Lipinski definition) is 1. The molecule has 1 aromatic rings. The van der Waals surface area contributed by atoms with Gasteiger partial charge in [-0.15, -0.1) is 0 Å². The molecule has 0 amide bonds. The van der Waals surface area contributed by atoms with Crippen LogP contribution in [0.4, 0.5) is 0 Å². The number of benzene rings is 1. The molecule has 0 unspecified atom stereocenters. The topological polar surface area (TPSA) is 37.3 Å². The van der Waals surface area contributed by atoms with Crippen molar-refractivity contribution in [3.63, 3.8) is 0 Å². The summed E-state index contributed by atoms with van der Waals surface area (Å²) in [4.78, 5) is 10.9. The van der Waals surface area contributed by atoms with Crippen molar-refractivity contribution in [3.8, 4) is 5.75 Å². The van der Waals surface area contributed by atoms with Gasteiger partial charge in [-0.25, -0.2) is 0 Å². The maximum atomic E-state index is 10.9. The Morgan fingerprint density at radius 3 is 2.54 bits per heavy atom. The maximum absolute atomic E-state index is 10.9. The van der Waals surface area contributed by atoms with Crippen LogP contribution in [0.3, 0.4) is 0 Å². The fourth-order valence-electron chi connectivity index (χ4n) is 0.761. The standard InChI is InChI=1S/C7H3Cl3O2Se/c8-4-2-6(13-10)3(7(9)12)1-5(4)11/h1-2,11H. The van der Waals surface area contributed by atoms with E-state index in [1.165, 1.54) is 12.1 Å². The summed E-state index contributed by atoms with van der Waals surface area (Å²) < 4.78 is 0.567. The molecule has 0 aliphatic heterocycles. The molecule has 0 saturated carbocycles. The molecular formula is C7H3Cl3O2Se. The van der Waals surface area contributed by atoms with E-state index < -0.39 is 19.3 Å². The monoisotopic (exact) mass is 304 g/mol. The third-order valence-electron chi connectivity index (χ3n) is 1.34. The number of carbonyl (C=O) groups is 1. The second-order valence-corrected chi connectivity index (χ2v) is 4.95. The predicted octanol–water partition coefficient (Wildman–Crippen LogP) is 1.91. The quantitative estimate of drug-likeness (QED) is 0.669. The van der Waals surface area contributed by atoms with Crippen molar-refractivity contribution in [2.45, 2.75) is 0 Å². The van der Waals surface area contributed by atoms with E-state index >= 15 is 0 Å². The van der Waals surface area contributed by atoms with Gasteiger partial charge in [0.15, 0.2) is 0 Å². The molecule has 1 N–H and O–H groups in total. The van der Waals surface area contributed by atoms with Gasteiger partial charge < -0.3 is 0 Å². The Morgan fingerprint density at radius 2 is 2.08 bits per heavy atom. The fraction of sp³-hybridized carbons (Fsp3) is 0. The van der Waals surface area contributed by atoms with Gasteiger partial charge in [0, 0.05) is 0 Å². The van der Waals surface area contributed by atoms with E-state index in [1.807, 2.05) is 0 Å². The van der Waals surface area contributed by atoms with Gasteiger partial charge in [0.2, 0.25) is 0 Å². The van der Waals surface area contributed by atoms with Gasteiger partial charge >= 0.3 is 95.4 Å². The molecule has 1 aromatic carbocycles. The average molecular weight is 304 g/mol. The molecule has 0 heterocycles.